The van der Waals surface area contributed by atoms with Gasteiger partial charge in [-0.15, -0.1) is 0 Å². The third kappa shape index (κ3) is 2.95. The van der Waals surface area contributed by atoms with E-state index in [1.54, 1.807) is 0 Å². The first-order valence-electron chi connectivity index (χ1n) is 5.13. The lowest BCUT2D eigenvalue weighted by atomic mass is 10.2. The quantitative estimate of drug-likeness (QED) is 0.628. The van der Waals surface area contributed by atoms with E-state index in [4.69, 9.17) is 16.3 Å². The van der Waals surface area contributed by atoms with Crippen LogP contribution in [-0.4, -0.2) is 9.91 Å². The molecule has 6 heteroatoms. The summed E-state index contributed by atoms with van der Waals surface area (Å²) in [6.45, 7) is 0.311. The Morgan fingerprint density at radius 3 is 2.67 bits per heavy atom. The summed E-state index contributed by atoms with van der Waals surface area (Å²) in [4.78, 5) is 13.8. The van der Waals surface area contributed by atoms with Gasteiger partial charge in [-0.2, -0.15) is 0 Å². The molecule has 0 unspecified atom stereocenters. The minimum atomic E-state index is -0.556. The van der Waals surface area contributed by atoms with Crippen LogP contribution in [0.1, 0.15) is 5.56 Å². The molecule has 0 aliphatic heterocycles. The van der Waals surface area contributed by atoms with Crippen molar-refractivity contribution >= 4 is 17.3 Å². The van der Waals surface area contributed by atoms with Crippen LogP contribution in [0.3, 0.4) is 0 Å². The number of benzene rings is 1. The maximum Gasteiger partial charge on any atom is 0.289 e. The van der Waals surface area contributed by atoms with Gasteiger partial charge in [-0.1, -0.05) is 41.9 Å². The van der Waals surface area contributed by atoms with Crippen LogP contribution >= 0.6 is 11.6 Å². The molecule has 2 rings (SSSR count). The average Bonchev–Trinajstić information content (AvgIpc) is 2.38. The Labute approximate surface area is 108 Å². The summed E-state index contributed by atoms with van der Waals surface area (Å²) >= 11 is 5.85. The van der Waals surface area contributed by atoms with Crippen LogP contribution in [-0.2, 0) is 6.61 Å². The van der Waals surface area contributed by atoms with Gasteiger partial charge in [0.15, 0.2) is 0 Å². The molecule has 1 heterocycles. The normalized spacial score (nSPS) is 10.1. The van der Waals surface area contributed by atoms with Crippen molar-refractivity contribution in [2.45, 2.75) is 6.61 Å². The lowest BCUT2D eigenvalue weighted by Gasteiger charge is -2.06. The van der Waals surface area contributed by atoms with Gasteiger partial charge in [0, 0.05) is 6.07 Å². The highest BCUT2D eigenvalue weighted by Gasteiger charge is 2.11. The smallest absolute Gasteiger partial charge is 0.289 e. The van der Waals surface area contributed by atoms with Gasteiger partial charge >= 0.3 is 0 Å². The molecular weight excluding hydrogens is 256 g/mol. The Bertz CT molecular complexity index is 561. The summed E-state index contributed by atoms with van der Waals surface area (Å²) in [5.41, 5.74) is 0.806. The zero-order valence-corrected chi connectivity index (χ0v) is 10.0. The molecule has 0 radical (unpaired) electrons. The van der Waals surface area contributed by atoms with E-state index in [1.165, 1.54) is 6.07 Å². The molecule has 0 spiro atoms. The molecule has 1 aromatic carbocycles. The van der Waals surface area contributed by atoms with Crippen LogP contribution in [0, 0.1) is 10.1 Å². The van der Waals surface area contributed by atoms with E-state index in [1.807, 2.05) is 30.3 Å². The van der Waals surface area contributed by atoms with E-state index in [0.717, 1.165) is 11.8 Å². The maximum absolute atomic E-state index is 10.5. The number of nitrogens with zero attached hydrogens (tertiary/aromatic N) is 2. The Morgan fingerprint density at radius 1 is 1.33 bits per heavy atom. The molecule has 0 aliphatic carbocycles. The van der Waals surface area contributed by atoms with Crippen molar-refractivity contribution in [2.75, 3.05) is 0 Å². The fraction of sp³-hybridized carbons (Fsp3) is 0.0833. The third-order valence-corrected chi connectivity index (χ3v) is 2.49. The Kier molecular flexibility index (Phi) is 3.74. The summed E-state index contributed by atoms with van der Waals surface area (Å²) < 4.78 is 5.39. The molecular formula is C12H9ClN2O3. The number of rotatable bonds is 4. The lowest BCUT2D eigenvalue weighted by molar-refractivity contribution is -0.385. The van der Waals surface area contributed by atoms with Gasteiger partial charge in [0.2, 0.25) is 5.88 Å². The first-order chi connectivity index (χ1) is 8.66. The molecule has 0 atom stereocenters. The van der Waals surface area contributed by atoms with Gasteiger partial charge in [-0.3, -0.25) is 10.1 Å². The van der Waals surface area contributed by atoms with Crippen LogP contribution in [0.4, 0.5) is 5.69 Å². The molecule has 0 fully saturated rings. The minimum absolute atomic E-state index is 0.125. The topological polar surface area (TPSA) is 65.3 Å². The minimum Gasteiger partial charge on any atom is -0.472 e. The van der Waals surface area contributed by atoms with Crippen LogP contribution in [0.2, 0.25) is 5.02 Å². The molecule has 1 aromatic heterocycles. The third-order valence-electron chi connectivity index (χ3n) is 2.22. The molecule has 0 saturated carbocycles. The number of pyridine rings is 1. The number of nitro groups is 1. The highest BCUT2D eigenvalue weighted by molar-refractivity contribution is 6.32. The fourth-order valence-corrected chi connectivity index (χ4v) is 1.56. The molecule has 92 valence electrons. The molecule has 0 aliphatic rings. The monoisotopic (exact) mass is 264 g/mol. The molecule has 2 aromatic rings. The number of aromatic nitrogens is 1. The number of ether oxygens (including phenoxy) is 1. The summed E-state index contributed by atoms with van der Waals surface area (Å²) in [5.74, 6) is 0.186. The van der Waals surface area contributed by atoms with Crippen molar-refractivity contribution in [3.05, 3.63) is 63.3 Å². The van der Waals surface area contributed by atoms with Gasteiger partial charge in [-0.25, -0.2) is 4.98 Å². The molecule has 18 heavy (non-hydrogen) atoms. The van der Waals surface area contributed by atoms with E-state index < -0.39 is 4.92 Å². The van der Waals surface area contributed by atoms with Crippen LogP contribution < -0.4 is 4.74 Å². The second-order valence-electron chi connectivity index (χ2n) is 3.51. The number of halogens is 1. The zero-order chi connectivity index (χ0) is 13.0. The predicted octanol–water partition coefficient (Wildman–Crippen LogP) is 3.22. The van der Waals surface area contributed by atoms with Crippen molar-refractivity contribution in [2.24, 2.45) is 0 Å². The maximum atomic E-state index is 10.5. The first kappa shape index (κ1) is 12.3. The van der Waals surface area contributed by atoms with Crippen molar-refractivity contribution in [1.29, 1.82) is 0 Å². The standard InChI is InChI=1S/C12H9ClN2O3/c13-11-6-10(15(16)17)7-14-12(11)18-8-9-4-2-1-3-5-9/h1-7H,8H2. The van der Waals surface area contributed by atoms with Crippen LogP contribution in [0.25, 0.3) is 0 Å². The van der Waals surface area contributed by atoms with E-state index >= 15 is 0 Å². The Morgan fingerprint density at radius 2 is 2.06 bits per heavy atom. The first-order valence-corrected chi connectivity index (χ1v) is 5.51. The van der Waals surface area contributed by atoms with Gasteiger partial charge in [0.05, 0.1) is 4.92 Å². The zero-order valence-electron chi connectivity index (χ0n) is 9.25. The summed E-state index contributed by atoms with van der Waals surface area (Å²) in [6, 6.07) is 10.7. The summed E-state index contributed by atoms with van der Waals surface area (Å²) in [7, 11) is 0. The number of hydrogen-bond acceptors (Lipinski definition) is 4. The van der Waals surface area contributed by atoms with E-state index in [0.29, 0.717) is 6.61 Å². The van der Waals surface area contributed by atoms with E-state index in [-0.39, 0.29) is 16.6 Å². The SMILES string of the molecule is O=[N+]([O-])c1cnc(OCc2ccccc2)c(Cl)c1. The van der Waals surface area contributed by atoms with E-state index in [2.05, 4.69) is 4.98 Å². The van der Waals surface area contributed by atoms with Crippen LogP contribution in [0.5, 0.6) is 5.88 Å². The highest BCUT2D eigenvalue weighted by atomic mass is 35.5. The molecule has 0 saturated heterocycles. The summed E-state index contributed by atoms with van der Waals surface area (Å²) in [5, 5.41) is 10.6. The molecule has 0 N–H and O–H groups in total. The molecule has 0 amide bonds. The summed E-state index contributed by atoms with van der Waals surface area (Å²) in [6.07, 6.45) is 1.12. The van der Waals surface area contributed by atoms with Gasteiger partial charge in [0.1, 0.15) is 17.8 Å². The van der Waals surface area contributed by atoms with Gasteiger partial charge in [-0.05, 0) is 5.56 Å². The molecule has 5 nitrogen and oxygen atoms in total. The molecule has 0 bridgehead atoms. The van der Waals surface area contributed by atoms with Gasteiger partial charge in [0.25, 0.3) is 5.69 Å². The van der Waals surface area contributed by atoms with Crippen molar-refractivity contribution in [3.8, 4) is 5.88 Å². The van der Waals surface area contributed by atoms with Crippen LogP contribution in [0.15, 0.2) is 42.6 Å². The second kappa shape index (κ2) is 5.46. The lowest BCUT2D eigenvalue weighted by Crippen LogP contribution is -1.98. The predicted molar refractivity (Wildman–Crippen MR) is 66.7 cm³/mol. The average molecular weight is 265 g/mol. The largest absolute Gasteiger partial charge is 0.472 e. The Balaban J connectivity index is 2.08. The van der Waals surface area contributed by atoms with Crippen molar-refractivity contribution < 1.29 is 9.66 Å². The second-order valence-corrected chi connectivity index (χ2v) is 3.92. The highest BCUT2D eigenvalue weighted by Crippen LogP contribution is 2.26. The Hall–Kier alpha value is -2.14. The van der Waals surface area contributed by atoms with E-state index in [9.17, 15) is 10.1 Å². The fourth-order valence-electron chi connectivity index (χ4n) is 1.35. The van der Waals surface area contributed by atoms with Crippen molar-refractivity contribution in [3.63, 3.8) is 0 Å². The van der Waals surface area contributed by atoms with Gasteiger partial charge < -0.3 is 4.74 Å². The van der Waals surface area contributed by atoms with Crippen molar-refractivity contribution in [1.82, 2.24) is 4.98 Å². The number of hydrogen-bond donors (Lipinski definition) is 0.